The van der Waals surface area contributed by atoms with Crippen molar-refractivity contribution in [3.63, 3.8) is 0 Å². The number of halogens is 3. The van der Waals surface area contributed by atoms with E-state index in [0.29, 0.717) is 18.4 Å². The van der Waals surface area contributed by atoms with E-state index in [1.54, 1.807) is 6.07 Å². The zero-order valence-corrected chi connectivity index (χ0v) is 11.0. The molecule has 1 saturated carbocycles. The zero-order chi connectivity index (χ0) is 14.8. The average molecular weight is 286 g/mol. The van der Waals surface area contributed by atoms with Crippen molar-refractivity contribution < 1.29 is 23.1 Å². The van der Waals surface area contributed by atoms with Gasteiger partial charge in [0.05, 0.1) is 11.5 Å². The van der Waals surface area contributed by atoms with Crippen molar-refractivity contribution in [3.05, 3.63) is 35.4 Å². The van der Waals surface area contributed by atoms with Crippen LogP contribution in [-0.2, 0) is 11.0 Å². The smallest absolute Gasteiger partial charge is 0.416 e. The Bertz CT molecular complexity index is 482. The van der Waals surface area contributed by atoms with Crippen LogP contribution in [0.25, 0.3) is 0 Å². The van der Waals surface area contributed by atoms with Crippen LogP contribution in [0, 0.1) is 5.92 Å². The molecule has 1 aliphatic carbocycles. The van der Waals surface area contributed by atoms with Crippen LogP contribution in [0.4, 0.5) is 13.2 Å². The lowest BCUT2D eigenvalue weighted by Crippen LogP contribution is -2.21. The van der Waals surface area contributed by atoms with Gasteiger partial charge in [0.2, 0.25) is 0 Å². The van der Waals surface area contributed by atoms with E-state index in [9.17, 15) is 23.1 Å². The van der Waals surface area contributed by atoms with Crippen molar-refractivity contribution in [2.75, 3.05) is 0 Å². The quantitative estimate of drug-likeness (QED) is 0.815. The molecule has 0 spiro atoms. The molecular formula is C15H17F3O2. The first-order chi connectivity index (χ1) is 9.39. The van der Waals surface area contributed by atoms with Gasteiger partial charge in [-0.1, -0.05) is 37.5 Å². The van der Waals surface area contributed by atoms with Gasteiger partial charge in [-0.25, -0.2) is 0 Å². The molecule has 20 heavy (non-hydrogen) atoms. The van der Waals surface area contributed by atoms with E-state index in [0.717, 1.165) is 31.4 Å². The van der Waals surface area contributed by atoms with Crippen LogP contribution < -0.4 is 0 Å². The second-order valence-corrected chi connectivity index (χ2v) is 5.31. The molecule has 5 heteroatoms. The van der Waals surface area contributed by atoms with E-state index in [2.05, 4.69) is 0 Å². The zero-order valence-electron chi connectivity index (χ0n) is 11.0. The summed E-state index contributed by atoms with van der Waals surface area (Å²) in [4.78, 5) is 11.4. The van der Waals surface area contributed by atoms with Gasteiger partial charge in [-0.3, -0.25) is 4.79 Å². The van der Waals surface area contributed by atoms with Gasteiger partial charge in [0.1, 0.15) is 0 Å². The summed E-state index contributed by atoms with van der Waals surface area (Å²) >= 11 is 0. The van der Waals surface area contributed by atoms with E-state index in [4.69, 9.17) is 0 Å². The lowest BCUT2D eigenvalue weighted by molar-refractivity contribution is -0.142. The summed E-state index contributed by atoms with van der Waals surface area (Å²) in [6.07, 6.45) is -0.579. The minimum atomic E-state index is -4.39. The number of rotatable bonds is 2. The highest BCUT2D eigenvalue weighted by molar-refractivity contribution is 5.71. The minimum absolute atomic E-state index is 0.322. The molecule has 0 saturated heterocycles. The van der Waals surface area contributed by atoms with Crippen LogP contribution in [0.1, 0.15) is 49.1 Å². The maximum atomic E-state index is 12.8. The Morgan fingerprint density at radius 1 is 1.15 bits per heavy atom. The molecule has 1 N–H and O–H groups in total. The van der Waals surface area contributed by atoms with Crippen LogP contribution in [0.15, 0.2) is 24.3 Å². The number of hydrogen-bond donors (Lipinski definition) is 1. The number of alkyl halides is 3. The van der Waals surface area contributed by atoms with E-state index in [-0.39, 0.29) is 5.92 Å². The Morgan fingerprint density at radius 3 is 2.50 bits per heavy atom. The molecule has 0 heterocycles. The molecule has 2 nitrogen and oxygen atoms in total. The van der Waals surface area contributed by atoms with E-state index < -0.39 is 23.6 Å². The summed E-state index contributed by atoms with van der Waals surface area (Å²) < 4.78 is 38.3. The minimum Gasteiger partial charge on any atom is -0.481 e. The SMILES string of the molecule is O=C(O)C1CCCCCC1c1cccc(C(F)(F)F)c1. The Kier molecular flexibility index (Phi) is 4.35. The van der Waals surface area contributed by atoms with Crippen molar-refractivity contribution in [2.24, 2.45) is 5.92 Å². The molecule has 2 rings (SSSR count). The fourth-order valence-corrected chi connectivity index (χ4v) is 2.95. The lowest BCUT2D eigenvalue weighted by Gasteiger charge is -2.22. The third-order valence-electron chi connectivity index (χ3n) is 3.98. The van der Waals surface area contributed by atoms with Crippen molar-refractivity contribution in [2.45, 2.75) is 44.2 Å². The molecule has 0 bridgehead atoms. The summed E-state index contributed by atoms with van der Waals surface area (Å²) in [7, 11) is 0. The maximum Gasteiger partial charge on any atom is 0.416 e. The fraction of sp³-hybridized carbons (Fsp3) is 0.533. The van der Waals surface area contributed by atoms with Gasteiger partial charge in [-0.15, -0.1) is 0 Å². The van der Waals surface area contributed by atoms with Crippen LogP contribution in [0.3, 0.4) is 0 Å². The number of benzene rings is 1. The molecule has 1 aliphatic rings. The van der Waals surface area contributed by atoms with Gasteiger partial charge in [0.15, 0.2) is 0 Å². The molecule has 1 fully saturated rings. The molecule has 0 amide bonds. The summed E-state index contributed by atoms with van der Waals surface area (Å²) in [6, 6.07) is 5.10. The van der Waals surface area contributed by atoms with Gasteiger partial charge in [0.25, 0.3) is 0 Å². The van der Waals surface area contributed by atoms with Crippen LogP contribution in [0.5, 0.6) is 0 Å². The highest BCUT2D eigenvalue weighted by Crippen LogP contribution is 2.39. The van der Waals surface area contributed by atoms with Crippen LogP contribution in [-0.4, -0.2) is 11.1 Å². The number of carboxylic acids is 1. The summed E-state index contributed by atoms with van der Waals surface area (Å²) in [5.41, 5.74) is -0.211. The standard InChI is InChI=1S/C15H17F3O2/c16-15(17,18)11-6-4-5-10(9-11)12-7-2-1-3-8-13(12)14(19)20/h4-6,9,12-13H,1-3,7-8H2,(H,19,20). The molecule has 1 aromatic carbocycles. The first kappa shape index (κ1) is 14.9. The van der Waals surface area contributed by atoms with Crippen molar-refractivity contribution in [1.82, 2.24) is 0 Å². The van der Waals surface area contributed by atoms with Crippen molar-refractivity contribution >= 4 is 5.97 Å². The third kappa shape index (κ3) is 3.32. The highest BCUT2D eigenvalue weighted by atomic mass is 19.4. The summed E-state index contributed by atoms with van der Waals surface area (Å²) in [5.74, 6) is -1.81. The maximum absolute atomic E-state index is 12.8. The van der Waals surface area contributed by atoms with Crippen molar-refractivity contribution in [3.8, 4) is 0 Å². The molecule has 2 atom stereocenters. The molecule has 0 aliphatic heterocycles. The van der Waals surface area contributed by atoms with Crippen LogP contribution in [0.2, 0.25) is 0 Å². The van der Waals surface area contributed by atoms with Crippen LogP contribution >= 0.6 is 0 Å². The van der Waals surface area contributed by atoms with Crippen molar-refractivity contribution in [1.29, 1.82) is 0 Å². The van der Waals surface area contributed by atoms with Gasteiger partial charge in [0, 0.05) is 0 Å². The van der Waals surface area contributed by atoms with E-state index >= 15 is 0 Å². The van der Waals surface area contributed by atoms with E-state index in [1.807, 2.05) is 0 Å². The Labute approximate surface area is 115 Å². The molecule has 110 valence electrons. The average Bonchev–Trinajstić information content (AvgIpc) is 2.63. The first-order valence-corrected chi connectivity index (χ1v) is 6.79. The number of carboxylic acid groups (broad SMARTS) is 1. The topological polar surface area (TPSA) is 37.3 Å². The third-order valence-corrected chi connectivity index (χ3v) is 3.98. The molecule has 1 aromatic rings. The summed E-state index contributed by atoms with van der Waals surface area (Å²) in [5, 5.41) is 9.30. The predicted octanol–water partition coefficient (Wildman–Crippen LogP) is 4.45. The predicted molar refractivity (Wildman–Crippen MR) is 68.4 cm³/mol. The Hall–Kier alpha value is -1.52. The number of aliphatic carboxylic acids is 1. The largest absolute Gasteiger partial charge is 0.481 e. The highest BCUT2D eigenvalue weighted by Gasteiger charge is 2.34. The van der Waals surface area contributed by atoms with E-state index in [1.165, 1.54) is 6.07 Å². The monoisotopic (exact) mass is 286 g/mol. The Balaban J connectivity index is 2.34. The Morgan fingerprint density at radius 2 is 1.85 bits per heavy atom. The summed E-state index contributed by atoms with van der Waals surface area (Å²) in [6.45, 7) is 0. The van der Waals surface area contributed by atoms with Gasteiger partial charge < -0.3 is 5.11 Å². The van der Waals surface area contributed by atoms with Gasteiger partial charge >= 0.3 is 12.1 Å². The van der Waals surface area contributed by atoms with Gasteiger partial charge in [-0.05, 0) is 30.4 Å². The second kappa shape index (κ2) is 5.85. The normalized spacial score (nSPS) is 24.1. The van der Waals surface area contributed by atoms with Gasteiger partial charge in [-0.2, -0.15) is 13.2 Å². The molecule has 2 unspecified atom stereocenters. The molecule has 0 radical (unpaired) electrons. The number of hydrogen-bond acceptors (Lipinski definition) is 1. The number of carbonyl (C=O) groups is 1. The molecular weight excluding hydrogens is 269 g/mol. The second-order valence-electron chi connectivity index (χ2n) is 5.31. The first-order valence-electron chi connectivity index (χ1n) is 6.79. The lowest BCUT2D eigenvalue weighted by atomic mass is 9.82. The fourth-order valence-electron chi connectivity index (χ4n) is 2.95. The molecule has 0 aromatic heterocycles.